The number of halogens is 3. The van der Waals surface area contributed by atoms with Gasteiger partial charge < -0.3 is 4.74 Å². The molecule has 0 unspecified atom stereocenters. The monoisotopic (exact) mass is 368 g/mol. The Kier molecular flexibility index (Phi) is 3.78. The summed E-state index contributed by atoms with van der Waals surface area (Å²) < 4.78 is 6.63. The molecule has 20 heavy (non-hydrogen) atoms. The maximum absolute atomic E-state index is 6.11. The van der Waals surface area contributed by atoms with Gasteiger partial charge in [0.05, 0.1) is 5.02 Å². The minimum absolute atomic E-state index is 0.341. The Balaban J connectivity index is 2.11. The molecule has 0 radical (unpaired) electrons. The molecule has 0 aliphatic heterocycles. The summed E-state index contributed by atoms with van der Waals surface area (Å²) in [5, 5.41) is 10.3. The smallest absolute Gasteiger partial charge is 0.246 e. The first-order valence-electron chi connectivity index (χ1n) is 5.69. The normalized spacial score (nSPS) is 10.8. The standard InChI is InChI=1S/C14H7BrCl2N2O/c15-8-5-6-11(16)12(7-8)20-14-10-4-2-1-3-9(10)13(17)18-19-14/h1-7H. The van der Waals surface area contributed by atoms with Gasteiger partial charge in [-0.1, -0.05) is 57.3 Å². The fourth-order valence-corrected chi connectivity index (χ4v) is 2.48. The van der Waals surface area contributed by atoms with E-state index in [9.17, 15) is 0 Å². The van der Waals surface area contributed by atoms with E-state index in [-0.39, 0.29) is 0 Å². The maximum atomic E-state index is 6.11. The van der Waals surface area contributed by atoms with Crippen LogP contribution in [-0.2, 0) is 0 Å². The Morgan fingerprint density at radius 3 is 2.50 bits per heavy atom. The van der Waals surface area contributed by atoms with E-state index >= 15 is 0 Å². The Bertz CT molecular complexity index is 795. The van der Waals surface area contributed by atoms with Crippen molar-refractivity contribution in [2.24, 2.45) is 0 Å². The molecule has 1 heterocycles. The molecule has 0 N–H and O–H groups in total. The first-order chi connectivity index (χ1) is 9.65. The van der Waals surface area contributed by atoms with Crippen molar-refractivity contribution < 1.29 is 4.74 Å². The molecule has 3 rings (SSSR count). The van der Waals surface area contributed by atoms with Gasteiger partial charge in [-0.25, -0.2) is 0 Å². The van der Waals surface area contributed by atoms with Crippen LogP contribution >= 0.6 is 39.1 Å². The highest BCUT2D eigenvalue weighted by atomic mass is 79.9. The van der Waals surface area contributed by atoms with Crippen LogP contribution in [0.25, 0.3) is 10.8 Å². The highest BCUT2D eigenvalue weighted by Crippen LogP contribution is 2.35. The first kappa shape index (κ1) is 13.6. The lowest BCUT2D eigenvalue weighted by Gasteiger charge is -2.09. The van der Waals surface area contributed by atoms with Gasteiger partial charge in [-0.2, -0.15) is 0 Å². The molecule has 0 saturated carbocycles. The first-order valence-corrected chi connectivity index (χ1v) is 7.24. The molecule has 0 bridgehead atoms. The summed E-state index contributed by atoms with van der Waals surface area (Å²) >= 11 is 15.5. The molecule has 100 valence electrons. The van der Waals surface area contributed by atoms with Gasteiger partial charge in [0.1, 0.15) is 5.75 Å². The Morgan fingerprint density at radius 2 is 1.70 bits per heavy atom. The van der Waals surface area contributed by atoms with E-state index in [2.05, 4.69) is 26.1 Å². The van der Waals surface area contributed by atoms with Gasteiger partial charge >= 0.3 is 0 Å². The zero-order valence-electron chi connectivity index (χ0n) is 9.98. The van der Waals surface area contributed by atoms with Crippen molar-refractivity contribution in [3.63, 3.8) is 0 Å². The summed E-state index contributed by atoms with van der Waals surface area (Å²) in [5.41, 5.74) is 0. The Morgan fingerprint density at radius 1 is 0.950 bits per heavy atom. The molecule has 3 aromatic rings. The van der Waals surface area contributed by atoms with Crippen LogP contribution in [0.1, 0.15) is 0 Å². The number of ether oxygens (including phenoxy) is 1. The summed E-state index contributed by atoms with van der Waals surface area (Å²) in [6.45, 7) is 0. The molecular weight excluding hydrogens is 363 g/mol. The third-order valence-corrected chi connectivity index (χ3v) is 3.79. The second-order valence-electron chi connectivity index (χ2n) is 4.02. The number of aromatic nitrogens is 2. The molecule has 0 aliphatic carbocycles. The van der Waals surface area contributed by atoms with Crippen molar-refractivity contribution >= 4 is 49.9 Å². The minimum atomic E-state index is 0.341. The molecule has 0 saturated heterocycles. The number of fused-ring (bicyclic) bond motifs is 1. The average Bonchev–Trinajstić information content (AvgIpc) is 2.46. The lowest BCUT2D eigenvalue weighted by atomic mass is 10.2. The topological polar surface area (TPSA) is 35.0 Å². The predicted molar refractivity (Wildman–Crippen MR) is 83.8 cm³/mol. The zero-order chi connectivity index (χ0) is 14.1. The molecule has 0 atom stereocenters. The average molecular weight is 370 g/mol. The van der Waals surface area contributed by atoms with Crippen LogP contribution in [0.2, 0.25) is 10.2 Å². The number of hydrogen-bond acceptors (Lipinski definition) is 3. The summed E-state index contributed by atoms with van der Waals surface area (Å²) in [6.07, 6.45) is 0. The molecule has 6 heteroatoms. The summed E-state index contributed by atoms with van der Waals surface area (Å²) in [4.78, 5) is 0. The molecule has 0 fully saturated rings. The number of benzene rings is 2. The number of rotatable bonds is 2. The van der Waals surface area contributed by atoms with Crippen molar-refractivity contribution in [3.05, 3.63) is 57.1 Å². The van der Waals surface area contributed by atoms with Crippen LogP contribution < -0.4 is 4.74 Å². The quantitative estimate of drug-likeness (QED) is 0.598. The third kappa shape index (κ3) is 2.59. The molecule has 3 nitrogen and oxygen atoms in total. The summed E-state index contributed by atoms with van der Waals surface area (Å²) in [7, 11) is 0. The summed E-state index contributed by atoms with van der Waals surface area (Å²) in [5.74, 6) is 0.868. The molecule has 0 aliphatic rings. The van der Waals surface area contributed by atoms with Crippen LogP contribution in [-0.4, -0.2) is 10.2 Å². The lowest BCUT2D eigenvalue weighted by Crippen LogP contribution is -1.93. The molecule has 0 spiro atoms. The van der Waals surface area contributed by atoms with E-state index in [0.29, 0.717) is 21.8 Å². The highest BCUT2D eigenvalue weighted by Gasteiger charge is 2.11. The molecular formula is C14H7BrCl2N2O. The van der Waals surface area contributed by atoms with Crippen LogP contribution in [0.3, 0.4) is 0 Å². The van der Waals surface area contributed by atoms with Crippen molar-refractivity contribution in [2.45, 2.75) is 0 Å². The van der Waals surface area contributed by atoms with Gasteiger partial charge in [-0.15, -0.1) is 10.2 Å². The van der Waals surface area contributed by atoms with Crippen LogP contribution in [0.15, 0.2) is 46.9 Å². The second-order valence-corrected chi connectivity index (χ2v) is 5.70. The molecule has 2 aromatic carbocycles. The van der Waals surface area contributed by atoms with Gasteiger partial charge in [0, 0.05) is 15.2 Å². The molecule has 0 amide bonds. The third-order valence-electron chi connectivity index (χ3n) is 2.71. The van der Waals surface area contributed by atoms with Crippen LogP contribution in [0.4, 0.5) is 0 Å². The van der Waals surface area contributed by atoms with E-state index in [1.54, 1.807) is 12.1 Å². The van der Waals surface area contributed by atoms with Gasteiger partial charge in [0.25, 0.3) is 0 Å². The molecule has 1 aromatic heterocycles. The van der Waals surface area contributed by atoms with E-state index in [0.717, 1.165) is 15.2 Å². The van der Waals surface area contributed by atoms with Crippen LogP contribution in [0, 0.1) is 0 Å². The second kappa shape index (κ2) is 5.56. The number of nitrogens with zero attached hydrogens (tertiary/aromatic N) is 2. The van der Waals surface area contributed by atoms with E-state index in [1.165, 1.54) is 0 Å². The van der Waals surface area contributed by atoms with Crippen molar-refractivity contribution in [1.82, 2.24) is 10.2 Å². The summed E-state index contributed by atoms with van der Waals surface area (Å²) in [6, 6.07) is 12.8. The van der Waals surface area contributed by atoms with Gasteiger partial charge in [-0.3, -0.25) is 0 Å². The minimum Gasteiger partial charge on any atom is -0.435 e. The lowest BCUT2D eigenvalue weighted by molar-refractivity contribution is 0.462. The number of hydrogen-bond donors (Lipinski definition) is 0. The highest BCUT2D eigenvalue weighted by molar-refractivity contribution is 9.10. The van der Waals surface area contributed by atoms with Crippen LogP contribution in [0.5, 0.6) is 11.6 Å². The van der Waals surface area contributed by atoms with Gasteiger partial charge in [-0.05, 0) is 24.3 Å². The Labute approximate surface area is 133 Å². The maximum Gasteiger partial charge on any atom is 0.246 e. The Hall–Kier alpha value is -1.36. The fourth-order valence-electron chi connectivity index (χ4n) is 1.78. The van der Waals surface area contributed by atoms with Gasteiger partial charge in [0.2, 0.25) is 5.88 Å². The van der Waals surface area contributed by atoms with Crippen molar-refractivity contribution in [3.8, 4) is 11.6 Å². The van der Waals surface area contributed by atoms with E-state index in [4.69, 9.17) is 27.9 Å². The van der Waals surface area contributed by atoms with E-state index in [1.807, 2.05) is 30.3 Å². The van der Waals surface area contributed by atoms with E-state index < -0.39 is 0 Å². The van der Waals surface area contributed by atoms with Crippen molar-refractivity contribution in [2.75, 3.05) is 0 Å². The van der Waals surface area contributed by atoms with Crippen molar-refractivity contribution in [1.29, 1.82) is 0 Å². The SMILES string of the molecule is Clc1ccc(Br)cc1Oc1nnc(Cl)c2ccccc12. The zero-order valence-corrected chi connectivity index (χ0v) is 13.1. The predicted octanol–water partition coefficient (Wildman–Crippen LogP) is 5.49. The largest absolute Gasteiger partial charge is 0.435 e. The van der Waals surface area contributed by atoms with Gasteiger partial charge in [0.15, 0.2) is 5.15 Å². The fraction of sp³-hybridized carbons (Fsp3) is 0.